The average molecular weight is 302 g/mol. The van der Waals surface area contributed by atoms with E-state index in [1.165, 1.54) is 12.1 Å². The van der Waals surface area contributed by atoms with E-state index >= 15 is 0 Å². The molecule has 0 spiro atoms. The lowest BCUT2D eigenvalue weighted by Gasteiger charge is -2.12. The van der Waals surface area contributed by atoms with E-state index in [0.717, 1.165) is 0 Å². The minimum atomic E-state index is -0.687. The van der Waals surface area contributed by atoms with Crippen LogP contribution in [0.3, 0.4) is 0 Å². The summed E-state index contributed by atoms with van der Waals surface area (Å²) < 4.78 is 26.9. The van der Waals surface area contributed by atoms with Gasteiger partial charge >= 0.3 is 0 Å². The van der Waals surface area contributed by atoms with Crippen molar-refractivity contribution in [3.63, 3.8) is 0 Å². The first-order valence-electron chi connectivity index (χ1n) is 4.16. The maximum Gasteiger partial charge on any atom is 0.132 e. The van der Waals surface area contributed by atoms with Crippen LogP contribution in [0.15, 0.2) is 16.6 Å². The molecular weight excluding hydrogens is 289 g/mol. The Bertz CT molecular complexity index is 313. The summed E-state index contributed by atoms with van der Waals surface area (Å²) in [7, 11) is 0. The number of hydrogen-bond donors (Lipinski definition) is 2. The van der Waals surface area contributed by atoms with Gasteiger partial charge in [-0.25, -0.2) is 8.78 Å². The van der Waals surface area contributed by atoms with E-state index in [1.807, 2.05) is 0 Å². The zero-order valence-electron chi connectivity index (χ0n) is 7.84. The van der Waals surface area contributed by atoms with Crippen LogP contribution in [-0.4, -0.2) is 6.54 Å². The smallest absolute Gasteiger partial charge is 0.132 e. The molecule has 0 amide bonds. The highest BCUT2D eigenvalue weighted by atomic mass is 79.9. The van der Waals surface area contributed by atoms with Crippen LogP contribution in [0.1, 0.15) is 18.0 Å². The van der Waals surface area contributed by atoms with Crippen LogP contribution in [0.2, 0.25) is 0 Å². The second kappa shape index (κ2) is 6.37. The van der Waals surface area contributed by atoms with Crippen LogP contribution >= 0.6 is 28.3 Å². The molecule has 0 aliphatic heterocycles. The second-order valence-electron chi connectivity index (χ2n) is 2.97. The van der Waals surface area contributed by atoms with E-state index in [1.54, 1.807) is 0 Å². The van der Waals surface area contributed by atoms with Crippen LogP contribution < -0.4 is 11.5 Å². The summed E-state index contributed by atoms with van der Waals surface area (Å²) in [6.45, 7) is 0.302. The predicted molar refractivity (Wildman–Crippen MR) is 61.9 cm³/mol. The van der Waals surface area contributed by atoms with Gasteiger partial charge in [0, 0.05) is 16.1 Å². The molecule has 4 N–H and O–H groups in total. The third kappa shape index (κ3) is 3.68. The number of benzene rings is 1. The Kier molecular flexibility index (Phi) is 6.28. The molecule has 0 radical (unpaired) electrons. The van der Waals surface area contributed by atoms with Crippen molar-refractivity contribution in [3.8, 4) is 0 Å². The molecule has 1 atom stereocenters. The van der Waals surface area contributed by atoms with Crippen molar-refractivity contribution in [1.29, 1.82) is 0 Å². The van der Waals surface area contributed by atoms with Crippen molar-refractivity contribution in [2.24, 2.45) is 11.5 Å². The topological polar surface area (TPSA) is 52.0 Å². The second-order valence-corrected chi connectivity index (χ2v) is 3.88. The standard InChI is InChI=1S/C9H11BrF2N2.ClH/c10-5-3-6(11)9(7(12)4-5)8(14)1-2-13;/h3-4,8H,1-2,13-14H2;1H/t8-;/m0./s1. The summed E-state index contributed by atoms with van der Waals surface area (Å²) in [4.78, 5) is 0. The Morgan fingerprint density at radius 3 is 2.13 bits per heavy atom. The van der Waals surface area contributed by atoms with Gasteiger partial charge in [0.25, 0.3) is 0 Å². The molecule has 0 bridgehead atoms. The highest BCUT2D eigenvalue weighted by molar-refractivity contribution is 9.10. The van der Waals surface area contributed by atoms with Crippen molar-refractivity contribution in [2.45, 2.75) is 12.5 Å². The van der Waals surface area contributed by atoms with Crippen LogP contribution in [0, 0.1) is 11.6 Å². The van der Waals surface area contributed by atoms with Gasteiger partial charge in [0.2, 0.25) is 0 Å². The first-order chi connectivity index (χ1) is 6.56. The largest absolute Gasteiger partial charge is 0.330 e. The lowest BCUT2D eigenvalue weighted by molar-refractivity contribution is 0.514. The molecule has 0 saturated carbocycles. The number of nitrogens with two attached hydrogens (primary N) is 2. The monoisotopic (exact) mass is 300 g/mol. The Morgan fingerprint density at radius 2 is 1.73 bits per heavy atom. The minimum Gasteiger partial charge on any atom is -0.330 e. The molecule has 0 saturated heterocycles. The van der Waals surface area contributed by atoms with Crippen LogP contribution in [0.5, 0.6) is 0 Å². The summed E-state index contributed by atoms with van der Waals surface area (Å²) >= 11 is 2.99. The Balaban J connectivity index is 0.00000196. The normalized spacial score (nSPS) is 12.1. The Morgan fingerprint density at radius 1 is 1.27 bits per heavy atom. The maximum absolute atomic E-state index is 13.3. The number of rotatable bonds is 3. The summed E-state index contributed by atoms with van der Waals surface area (Å²) in [5.41, 5.74) is 10.7. The lowest BCUT2D eigenvalue weighted by Crippen LogP contribution is -2.18. The summed E-state index contributed by atoms with van der Waals surface area (Å²) in [5, 5.41) is 0. The molecule has 0 heterocycles. The van der Waals surface area contributed by atoms with E-state index in [4.69, 9.17) is 11.5 Å². The lowest BCUT2D eigenvalue weighted by atomic mass is 10.0. The van der Waals surface area contributed by atoms with Crippen LogP contribution in [0.4, 0.5) is 8.78 Å². The van der Waals surface area contributed by atoms with Gasteiger partial charge in [-0.2, -0.15) is 0 Å². The molecule has 1 rings (SSSR count). The molecule has 0 unspecified atom stereocenters. The van der Waals surface area contributed by atoms with Gasteiger partial charge in [-0.15, -0.1) is 12.4 Å². The van der Waals surface area contributed by atoms with Gasteiger partial charge in [0.1, 0.15) is 11.6 Å². The Labute approximate surface area is 102 Å². The van der Waals surface area contributed by atoms with Crippen molar-refractivity contribution < 1.29 is 8.78 Å². The van der Waals surface area contributed by atoms with E-state index in [2.05, 4.69) is 15.9 Å². The van der Waals surface area contributed by atoms with E-state index in [0.29, 0.717) is 17.4 Å². The maximum atomic E-state index is 13.3. The fraction of sp³-hybridized carbons (Fsp3) is 0.333. The van der Waals surface area contributed by atoms with Gasteiger partial charge in [-0.05, 0) is 25.1 Å². The molecule has 1 aromatic carbocycles. The molecule has 15 heavy (non-hydrogen) atoms. The molecule has 1 aromatic rings. The predicted octanol–water partition coefficient (Wildman–Crippen LogP) is 2.50. The third-order valence-corrected chi connectivity index (χ3v) is 2.35. The summed E-state index contributed by atoms with van der Waals surface area (Å²) in [6.07, 6.45) is 0.357. The van der Waals surface area contributed by atoms with Crippen LogP contribution in [-0.2, 0) is 0 Å². The quantitative estimate of drug-likeness (QED) is 0.901. The highest BCUT2D eigenvalue weighted by Crippen LogP contribution is 2.24. The molecule has 6 heteroatoms. The van der Waals surface area contributed by atoms with E-state index in [-0.39, 0.29) is 18.0 Å². The van der Waals surface area contributed by atoms with E-state index < -0.39 is 17.7 Å². The molecule has 2 nitrogen and oxygen atoms in total. The summed E-state index contributed by atoms with van der Waals surface area (Å²) in [6, 6.07) is 1.69. The van der Waals surface area contributed by atoms with Crippen LogP contribution in [0.25, 0.3) is 0 Å². The zero-order chi connectivity index (χ0) is 10.7. The van der Waals surface area contributed by atoms with Gasteiger partial charge < -0.3 is 11.5 Å². The first-order valence-corrected chi connectivity index (χ1v) is 4.95. The Hall–Kier alpha value is -0.230. The van der Waals surface area contributed by atoms with Gasteiger partial charge in [0.15, 0.2) is 0 Å². The molecular formula is C9H12BrClF2N2. The van der Waals surface area contributed by atoms with Gasteiger partial charge in [-0.1, -0.05) is 15.9 Å². The third-order valence-electron chi connectivity index (χ3n) is 1.89. The fourth-order valence-electron chi connectivity index (χ4n) is 1.23. The van der Waals surface area contributed by atoms with Crippen molar-refractivity contribution in [2.75, 3.05) is 6.54 Å². The first kappa shape index (κ1) is 14.8. The van der Waals surface area contributed by atoms with Crippen molar-refractivity contribution >= 4 is 28.3 Å². The molecule has 86 valence electrons. The molecule has 0 aliphatic rings. The molecule has 0 aliphatic carbocycles. The molecule has 0 aromatic heterocycles. The highest BCUT2D eigenvalue weighted by Gasteiger charge is 2.16. The van der Waals surface area contributed by atoms with Crippen molar-refractivity contribution in [3.05, 3.63) is 33.8 Å². The fourth-order valence-corrected chi connectivity index (χ4v) is 1.63. The minimum absolute atomic E-state index is 0. The number of hydrogen-bond acceptors (Lipinski definition) is 2. The zero-order valence-corrected chi connectivity index (χ0v) is 10.2. The SMILES string of the molecule is Cl.NCC[C@H](N)c1c(F)cc(Br)cc1F. The van der Waals surface area contributed by atoms with Gasteiger partial charge in [-0.3, -0.25) is 0 Å². The van der Waals surface area contributed by atoms with Crippen molar-refractivity contribution in [1.82, 2.24) is 0 Å². The van der Waals surface area contributed by atoms with Gasteiger partial charge in [0.05, 0.1) is 0 Å². The summed E-state index contributed by atoms with van der Waals surface area (Å²) in [5.74, 6) is -1.28. The van der Waals surface area contributed by atoms with E-state index in [9.17, 15) is 8.78 Å². The number of halogens is 4. The molecule has 0 fully saturated rings. The average Bonchev–Trinajstić information content (AvgIpc) is 2.01.